The molecular formula is C13H19Cl3N2. The van der Waals surface area contributed by atoms with Gasteiger partial charge >= 0.3 is 0 Å². The number of rotatable bonds is 5. The first kappa shape index (κ1) is 16.1. The molecule has 1 aromatic rings. The molecule has 2 N–H and O–H groups in total. The van der Waals surface area contributed by atoms with E-state index in [1.54, 1.807) is 0 Å². The quantitative estimate of drug-likeness (QED) is 0.900. The largest absolute Gasteiger partial charge is 0.329 e. The van der Waals surface area contributed by atoms with Crippen LogP contribution in [0.1, 0.15) is 18.4 Å². The lowest BCUT2D eigenvalue weighted by Gasteiger charge is -2.27. The summed E-state index contributed by atoms with van der Waals surface area (Å²) in [5.74, 6) is 0.767. The third kappa shape index (κ3) is 3.75. The fourth-order valence-electron chi connectivity index (χ4n) is 2.27. The van der Waals surface area contributed by atoms with E-state index in [2.05, 4.69) is 11.9 Å². The Bertz CT molecular complexity index is 394. The Labute approximate surface area is 125 Å². The number of likely N-dealkylation sites (N-methyl/N-ethyl adjacent to an activating group) is 1. The predicted octanol–water partition coefficient (Wildman–Crippen LogP) is 3.58. The van der Waals surface area contributed by atoms with Gasteiger partial charge in [-0.25, -0.2) is 0 Å². The zero-order chi connectivity index (χ0) is 12.4. The summed E-state index contributed by atoms with van der Waals surface area (Å²) in [4.78, 5) is 2.29. The second-order valence-electron chi connectivity index (χ2n) is 4.77. The molecule has 0 bridgehead atoms. The van der Waals surface area contributed by atoms with Crippen molar-refractivity contribution in [2.24, 2.45) is 11.7 Å². The van der Waals surface area contributed by atoms with Gasteiger partial charge in [0, 0.05) is 19.1 Å². The van der Waals surface area contributed by atoms with Gasteiger partial charge in [-0.3, -0.25) is 4.90 Å². The highest BCUT2D eigenvalue weighted by molar-refractivity contribution is 6.42. The number of hydrogen-bond donors (Lipinski definition) is 1. The monoisotopic (exact) mass is 308 g/mol. The lowest BCUT2D eigenvalue weighted by molar-refractivity contribution is 0.215. The summed E-state index contributed by atoms with van der Waals surface area (Å²) >= 11 is 12.2. The summed E-state index contributed by atoms with van der Waals surface area (Å²) in [6.07, 6.45) is 2.60. The molecule has 0 heterocycles. The standard InChI is InChI=1S/C13H18Cl2N2.ClH/c1-17(12(7-16)9-5-6-9)8-10-3-2-4-11(14)13(10)15;/h2-4,9,12H,5-8,16H2,1H3;1H. The molecule has 1 aromatic carbocycles. The molecule has 1 saturated carbocycles. The number of hydrogen-bond acceptors (Lipinski definition) is 2. The topological polar surface area (TPSA) is 29.3 Å². The van der Waals surface area contributed by atoms with Gasteiger partial charge in [0.15, 0.2) is 0 Å². The maximum Gasteiger partial charge on any atom is 0.0637 e. The Morgan fingerprint density at radius 3 is 2.61 bits per heavy atom. The Balaban J connectivity index is 0.00000162. The molecule has 18 heavy (non-hydrogen) atoms. The van der Waals surface area contributed by atoms with Crippen molar-refractivity contribution in [1.82, 2.24) is 4.90 Å². The van der Waals surface area contributed by atoms with Crippen molar-refractivity contribution in [2.75, 3.05) is 13.6 Å². The van der Waals surface area contributed by atoms with Crippen LogP contribution >= 0.6 is 35.6 Å². The van der Waals surface area contributed by atoms with Crippen LogP contribution in [-0.4, -0.2) is 24.5 Å². The molecule has 1 aliphatic carbocycles. The molecule has 1 aliphatic rings. The van der Waals surface area contributed by atoms with E-state index >= 15 is 0 Å². The van der Waals surface area contributed by atoms with E-state index < -0.39 is 0 Å². The number of halogens is 3. The number of benzene rings is 1. The maximum atomic E-state index is 6.19. The zero-order valence-corrected chi connectivity index (χ0v) is 12.7. The highest BCUT2D eigenvalue weighted by Crippen LogP contribution is 2.35. The Morgan fingerprint density at radius 1 is 1.39 bits per heavy atom. The van der Waals surface area contributed by atoms with E-state index in [1.807, 2.05) is 18.2 Å². The molecular weight excluding hydrogens is 291 g/mol. The normalized spacial score (nSPS) is 16.5. The van der Waals surface area contributed by atoms with Crippen molar-refractivity contribution in [2.45, 2.75) is 25.4 Å². The lowest BCUT2D eigenvalue weighted by Crippen LogP contribution is -2.39. The average Bonchev–Trinajstić information content (AvgIpc) is 3.10. The lowest BCUT2D eigenvalue weighted by atomic mass is 10.1. The smallest absolute Gasteiger partial charge is 0.0637 e. The van der Waals surface area contributed by atoms with Crippen LogP contribution < -0.4 is 5.73 Å². The van der Waals surface area contributed by atoms with Crippen molar-refractivity contribution in [3.05, 3.63) is 33.8 Å². The van der Waals surface area contributed by atoms with E-state index in [0.717, 1.165) is 18.0 Å². The molecule has 1 atom stereocenters. The molecule has 2 rings (SSSR count). The van der Waals surface area contributed by atoms with Gasteiger partial charge in [-0.05, 0) is 37.4 Å². The van der Waals surface area contributed by atoms with Crippen molar-refractivity contribution in [3.8, 4) is 0 Å². The highest BCUT2D eigenvalue weighted by atomic mass is 35.5. The van der Waals surface area contributed by atoms with Crippen LogP contribution in [0.5, 0.6) is 0 Å². The van der Waals surface area contributed by atoms with Crippen molar-refractivity contribution in [1.29, 1.82) is 0 Å². The summed E-state index contributed by atoms with van der Waals surface area (Å²) < 4.78 is 0. The predicted molar refractivity (Wildman–Crippen MR) is 80.7 cm³/mol. The SMILES string of the molecule is CN(Cc1cccc(Cl)c1Cl)C(CN)C1CC1.Cl. The molecule has 1 fully saturated rings. The molecule has 0 radical (unpaired) electrons. The third-order valence-electron chi connectivity index (χ3n) is 3.43. The van der Waals surface area contributed by atoms with Crippen LogP contribution in [0, 0.1) is 5.92 Å². The molecule has 0 aromatic heterocycles. The Kier molecular flexibility index (Phi) is 6.22. The second kappa shape index (κ2) is 6.97. The van der Waals surface area contributed by atoms with Crippen molar-refractivity contribution < 1.29 is 0 Å². The first-order valence-corrected chi connectivity index (χ1v) is 6.72. The highest BCUT2D eigenvalue weighted by Gasteiger charge is 2.32. The first-order valence-electron chi connectivity index (χ1n) is 5.96. The van der Waals surface area contributed by atoms with Crippen molar-refractivity contribution >= 4 is 35.6 Å². The Hall–Kier alpha value is 0.01000. The molecule has 5 heteroatoms. The molecule has 102 valence electrons. The summed E-state index contributed by atoms with van der Waals surface area (Å²) in [5.41, 5.74) is 6.91. The van der Waals surface area contributed by atoms with Crippen LogP contribution in [0.25, 0.3) is 0 Å². The minimum absolute atomic E-state index is 0. The van der Waals surface area contributed by atoms with Gasteiger partial charge in [-0.2, -0.15) is 0 Å². The average molecular weight is 310 g/mol. The Morgan fingerprint density at radius 2 is 2.06 bits per heavy atom. The van der Waals surface area contributed by atoms with E-state index in [1.165, 1.54) is 12.8 Å². The molecule has 0 amide bonds. The minimum Gasteiger partial charge on any atom is -0.329 e. The van der Waals surface area contributed by atoms with Gasteiger partial charge in [0.1, 0.15) is 0 Å². The zero-order valence-electron chi connectivity index (χ0n) is 10.4. The van der Waals surface area contributed by atoms with Gasteiger partial charge in [0.05, 0.1) is 10.0 Å². The molecule has 0 aliphatic heterocycles. The molecule has 1 unspecified atom stereocenters. The number of nitrogens with zero attached hydrogens (tertiary/aromatic N) is 1. The second-order valence-corrected chi connectivity index (χ2v) is 5.55. The van der Waals surface area contributed by atoms with Crippen molar-refractivity contribution in [3.63, 3.8) is 0 Å². The first-order chi connectivity index (χ1) is 8.13. The van der Waals surface area contributed by atoms with Gasteiger partial charge in [0.2, 0.25) is 0 Å². The van der Waals surface area contributed by atoms with E-state index in [9.17, 15) is 0 Å². The number of nitrogens with two attached hydrogens (primary N) is 1. The van der Waals surface area contributed by atoms with Crippen LogP contribution in [0.3, 0.4) is 0 Å². The fraction of sp³-hybridized carbons (Fsp3) is 0.538. The molecule has 0 spiro atoms. The third-order valence-corrected chi connectivity index (χ3v) is 4.28. The maximum absolute atomic E-state index is 6.19. The van der Waals surface area contributed by atoms with Gasteiger partial charge in [-0.15, -0.1) is 12.4 Å². The van der Waals surface area contributed by atoms with Crippen LogP contribution in [-0.2, 0) is 6.54 Å². The summed E-state index contributed by atoms with van der Waals surface area (Å²) in [5, 5.41) is 1.28. The summed E-state index contributed by atoms with van der Waals surface area (Å²) in [6, 6.07) is 6.23. The van der Waals surface area contributed by atoms with Crippen LogP contribution in [0.15, 0.2) is 18.2 Å². The van der Waals surface area contributed by atoms with Gasteiger partial charge in [-0.1, -0.05) is 35.3 Å². The fourth-order valence-corrected chi connectivity index (χ4v) is 2.65. The van der Waals surface area contributed by atoms with Crippen LogP contribution in [0.2, 0.25) is 10.0 Å². The summed E-state index contributed by atoms with van der Waals surface area (Å²) in [6.45, 7) is 1.51. The molecule has 2 nitrogen and oxygen atoms in total. The molecule has 0 saturated heterocycles. The van der Waals surface area contributed by atoms with E-state index in [0.29, 0.717) is 22.6 Å². The van der Waals surface area contributed by atoms with Gasteiger partial charge in [0.25, 0.3) is 0 Å². The summed E-state index contributed by atoms with van der Waals surface area (Å²) in [7, 11) is 2.10. The van der Waals surface area contributed by atoms with Gasteiger partial charge < -0.3 is 5.73 Å². The van der Waals surface area contributed by atoms with E-state index in [4.69, 9.17) is 28.9 Å². The minimum atomic E-state index is 0. The van der Waals surface area contributed by atoms with Crippen LogP contribution in [0.4, 0.5) is 0 Å². The van der Waals surface area contributed by atoms with E-state index in [-0.39, 0.29) is 12.4 Å².